The van der Waals surface area contributed by atoms with Gasteiger partial charge in [-0.25, -0.2) is 4.98 Å². The van der Waals surface area contributed by atoms with Crippen LogP contribution in [-0.4, -0.2) is 75.7 Å². The van der Waals surface area contributed by atoms with Gasteiger partial charge in [-0.05, 0) is 76.3 Å². The van der Waals surface area contributed by atoms with Gasteiger partial charge >= 0.3 is 0 Å². The van der Waals surface area contributed by atoms with Crippen LogP contribution in [0, 0.1) is 6.92 Å². The topological polar surface area (TPSA) is 46.7 Å². The van der Waals surface area contributed by atoms with Gasteiger partial charge in [0.2, 0.25) is 0 Å². The minimum atomic E-state index is 0.722. The number of piperazine rings is 1. The fourth-order valence-corrected chi connectivity index (χ4v) is 4.51. The van der Waals surface area contributed by atoms with E-state index >= 15 is 0 Å². The van der Waals surface area contributed by atoms with E-state index in [9.17, 15) is 0 Å². The number of nitrogens with zero attached hydrogens (tertiary/aromatic N) is 4. The van der Waals surface area contributed by atoms with Crippen LogP contribution in [-0.2, 0) is 0 Å². The molecular weight excluding hydrogens is 504 g/mol. The first-order valence-corrected chi connectivity index (χ1v) is 14.5. The lowest BCUT2D eigenvalue weighted by molar-refractivity contribution is 0.312. The second-order valence-electron chi connectivity index (χ2n) is 10.1. The van der Waals surface area contributed by atoms with E-state index in [1.54, 1.807) is 0 Å². The quantitative estimate of drug-likeness (QED) is 0.258. The molecule has 6 nitrogen and oxygen atoms in total. The van der Waals surface area contributed by atoms with Gasteiger partial charge in [0.1, 0.15) is 5.82 Å². The van der Waals surface area contributed by atoms with E-state index in [1.165, 1.54) is 0 Å². The summed E-state index contributed by atoms with van der Waals surface area (Å²) in [6.45, 7) is 32.1. The van der Waals surface area contributed by atoms with E-state index in [2.05, 4.69) is 83.8 Å². The molecule has 41 heavy (non-hydrogen) atoms. The minimum absolute atomic E-state index is 0.722. The molecule has 6 heteroatoms. The number of likely N-dealkylation sites (N-methyl/N-ethyl adjacent to an activating group) is 3. The van der Waals surface area contributed by atoms with Gasteiger partial charge < -0.3 is 25.3 Å². The zero-order chi connectivity index (χ0) is 31.1. The zero-order valence-electron chi connectivity index (χ0n) is 27.2. The molecule has 1 fully saturated rings. The lowest BCUT2D eigenvalue weighted by Gasteiger charge is -2.34. The van der Waals surface area contributed by atoms with Crippen LogP contribution in [0.1, 0.15) is 33.3 Å². The summed E-state index contributed by atoms with van der Waals surface area (Å²) in [5.41, 5.74) is 8.50. The van der Waals surface area contributed by atoms with Crippen molar-refractivity contribution in [1.29, 1.82) is 0 Å². The SMILES string of the molecule is C=C/C(=C\C(=C/C)C(=C)/C=C(C(=C)C(=C)Nc1ccnc(N2CCN(C)CC2)c1C)\C(=C/C)NC)CN(C)C.CC. The predicted octanol–water partition coefficient (Wildman–Crippen LogP) is 6.88. The Kier molecular flexibility index (Phi) is 15.5. The maximum Gasteiger partial charge on any atom is 0.133 e. The van der Waals surface area contributed by atoms with Crippen molar-refractivity contribution >= 4 is 11.5 Å². The second-order valence-corrected chi connectivity index (χ2v) is 10.1. The average Bonchev–Trinajstić information content (AvgIpc) is 2.97. The molecule has 1 aliphatic rings. The fraction of sp³-hybridized carbons (Fsp3) is 0.400. The number of pyridine rings is 1. The molecule has 2 rings (SSSR count). The lowest BCUT2D eigenvalue weighted by Crippen LogP contribution is -2.45. The number of anilines is 2. The molecule has 1 aromatic heterocycles. The molecule has 0 radical (unpaired) electrons. The van der Waals surface area contributed by atoms with Gasteiger partial charge in [0.25, 0.3) is 0 Å². The van der Waals surface area contributed by atoms with Crippen LogP contribution >= 0.6 is 0 Å². The molecule has 0 saturated carbocycles. The number of hydrogen-bond donors (Lipinski definition) is 2. The van der Waals surface area contributed by atoms with Gasteiger partial charge in [-0.3, -0.25) is 0 Å². The normalized spacial score (nSPS) is 15.2. The van der Waals surface area contributed by atoms with Crippen LogP contribution in [0.4, 0.5) is 11.5 Å². The van der Waals surface area contributed by atoms with Gasteiger partial charge in [0.15, 0.2) is 0 Å². The molecule has 0 spiro atoms. The smallest absolute Gasteiger partial charge is 0.133 e. The van der Waals surface area contributed by atoms with Crippen molar-refractivity contribution in [3.63, 3.8) is 0 Å². The van der Waals surface area contributed by atoms with Crippen LogP contribution < -0.4 is 15.5 Å². The molecule has 2 N–H and O–H groups in total. The number of nitrogens with one attached hydrogen (secondary N) is 2. The fourth-order valence-electron chi connectivity index (χ4n) is 4.51. The molecule has 0 unspecified atom stereocenters. The van der Waals surface area contributed by atoms with Gasteiger partial charge in [0.05, 0.1) is 0 Å². The van der Waals surface area contributed by atoms with Crippen molar-refractivity contribution in [1.82, 2.24) is 20.1 Å². The summed E-state index contributed by atoms with van der Waals surface area (Å²) in [5.74, 6) is 1.01. The van der Waals surface area contributed by atoms with Crippen molar-refractivity contribution in [3.05, 3.63) is 114 Å². The number of hydrogen-bond acceptors (Lipinski definition) is 6. The Labute approximate surface area is 250 Å². The Bertz CT molecular complexity index is 1190. The molecular formula is C35H54N6. The van der Waals surface area contributed by atoms with Crippen LogP contribution in [0.15, 0.2) is 108 Å². The first-order chi connectivity index (χ1) is 19.6. The van der Waals surface area contributed by atoms with Gasteiger partial charge in [-0.15, -0.1) is 0 Å². The third-order valence-corrected chi connectivity index (χ3v) is 6.91. The third-order valence-electron chi connectivity index (χ3n) is 6.91. The second kappa shape index (κ2) is 17.9. The Morgan fingerprint density at radius 1 is 1.05 bits per heavy atom. The molecule has 1 aromatic rings. The standard InChI is InChI=1S/C33H48N6.C2H6/c1-12-28(23-37(9)10)22-29(13-2)24(4)21-30(31(14-3)34-8)25(5)27(7)36-32-15-16-35-33(26(32)6)39-19-17-38(11)18-20-39;1-2/h12-16,21-22,34H,1,4-5,7,17-20,23H2,2-3,6,8-11H3,(H,35,36);1-2H3/b28-22+,29-13+,30-21-,31-14+;. The summed E-state index contributed by atoms with van der Waals surface area (Å²) in [7, 11) is 8.17. The molecule has 0 aromatic carbocycles. The monoisotopic (exact) mass is 558 g/mol. The zero-order valence-corrected chi connectivity index (χ0v) is 27.2. The molecule has 1 saturated heterocycles. The summed E-state index contributed by atoms with van der Waals surface area (Å²) in [6, 6.07) is 1.99. The summed E-state index contributed by atoms with van der Waals surface area (Å²) in [6.07, 6.45) is 12.1. The molecule has 0 atom stereocenters. The number of rotatable bonds is 13. The third kappa shape index (κ3) is 10.4. The van der Waals surface area contributed by atoms with Crippen molar-refractivity contribution in [2.24, 2.45) is 0 Å². The molecule has 0 aliphatic carbocycles. The van der Waals surface area contributed by atoms with Crippen molar-refractivity contribution < 1.29 is 0 Å². The number of aromatic nitrogens is 1. The molecule has 0 bridgehead atoms. The Morgan fingerprint density at radius 2 is 1.68 bits per heavy atom. The summed E-state index contributed by atoms with van der Waals surface area (Å²) in [4.78, 5) is 11.5. The van der Waals surface area contributed by atoms with E-state index in [1.807, 2.05) is 73.3 Å². The van der Waals surface area contributed by atoms with E-state index in [0.29, 0.717) is 0 Å². The molecule has 224 valence electrons. The van der Waals surface area contributed by atoms with Gasteiger partial charge in [-0.2, -0.15) is 0 Å². The van der Waals surface area contributed by atoms with Crippen LogP contribution in [0.3, 0.4) is 0 Å². The Balaban J connectivity index is 0.00000411. The van der Waals surface area contributed by atoms with Crippen molar-refractivity contribution in [2.75, 3.05) is 71.1 Å². The highest BCUT2D eigenvalue weighted by molar-refractivity contribution is 5.68. The highest BCUT2D eigenvalue weighted by atomic mass is 15.3. The maximum absolute atomic E-state index is 4.70. The van der Waals surface area contributed by atoms with Crippen molar-refractivity contribution in [3.8, 4) is 0 Å². The van der Waals surface area contributed by atoms with Gasteiger partial charge in [-0.1, -0.05) is 64.5 Å². The van der Waals surface area contributed by atoms with E-state index in [-0.39, 0.29) is 0 Å². The summed E-state index contributed by atoms with van der Waals surface area (Å²) < 4.78 is 0. The molecule has 1 aliphatic heterocycles. The van der Waals surface area contributed by atoms with E-state index in [0.717, 1.165) is 89.1 Å². The lowest BCUT2D eigenvalue weighted by atomic mass is 9.95. The minimum Gasteiger partial charge on any atom is -0.388 e. The summed E-state index contributed by atoms with van der Waals surface area (Å²) in [5, 5.41) is 6.82. The molecule has 0 amide bonds. The first-order valence-electron chi connectivity index (χ1n) is 14.5. The average molecular weight is 559 g/mol. The Morgan fingerprint density at radius 3 is 2.20 bits per heavy atom. The molecule has 2 heterocycles. The van der Waals surface area contributed by atoms with E-state index < -0.39 is 0 Å². The highest BCUT2D eigenvalue weighted by Gasteiger charge is 2.19. The van der Waals surface area contributed by atoms with Crippen molar-refractivity contribution in [2.45, 2.75) is 34.6 Å². The van der Waals surface area contributed by atoms with E-state index in [4.69, 9.17) is 4.98 Å². The van der Waals surface area contributed by atoms with Gasteiger partial charge in [0, 0.05) is 74.2 Å². The maximum atomic E-state index is 4.70. The first kappa shape index (κ1) is 35.4. The number of allylic oxidation sites excluding steroid dienone is 8. The van der Waals surface area contributed by atoms with Crippen LogP contribution in [0.5, 0.6) is 0 Å². The predicted molar refractivity (Wildman–Crippen MR) is 183 cm³/mol. The largest absolute Gasteiger partial charge is 0.388 e. The highest BCUT2D eigenvalue weighted by Crippen LogP contribution is 2.30. The Hall–Kier alpha value is -3.61. The van der Waals surface area contributed by atoms with Crippen LogP contribution in [0.25, 0.3) is 0 Å². The summed E-state index contributed by atoms with van der Waals surface area (Å²) >= 11 is 0. The van der Waals surface area contributed by atoms with Crippen LogP contribution in [0.2, 0.25) is 0 Å².